The summed E-state index contributed by atoms with van der Waals surface area (Å²) in [6, 6.07) is 6.47. The molecule has 1 fully saturated rings. The third-order valence-electron chi connectivity index (χ3n) is 4.85. The Balaban J connectivity index is 1.83. The topological polar surface area (TPSA) is 12.0 Å². The highest BCUT2D eigenvalue weighted by Crippen LogP contribution is 2.39. The van der Waals surface area contributed by atoms with E-state index in [-0.39, 0.29) is 0 Å². The van der Waals surface area contributed by atoms with Crippen molar-refractivity contribution in [3.63, 3.8) is 0 Å². The molecule has 1 N–H and O–H groups in total. The number of hydrogen-bond acceptors (Lipinski definition) is 1. The largest absolute Gasteiger partial charge is 0.385 e. The molecule has 0 atom stereocenters. The normalized spacial score (nSPS) is 23.6. The predicted molar refractivity (Wildman–Crippen MR) is 92.3 cm³/mol. The highest BCUT2D eigenvalue weighted by molar-refractivity contribution is 9.10. The smallest absolute Gasteiger partial charge is 0.0381 e. The zero-order valence-corrected chi connectivity index (χ0v) is 14.9. The molecule has 2 heteroatoms. The number of benzene rings is 1. The van der Waals surface area contributed by atoms with Gasteiger partial charge in [-0.1, -0.05) is 42.8 Å². The lowest BCUT2D eigenvalue weighted by atomic mass is 9.70. The molecule has 0 aromatic heterocycles. The maximum atomic E-state index is 3.65. The van der Waals surface area contributed by atoms with Crippen LogP contribution in [0.15, 0.2) is 22.7 Å². The summed E-state index contributed by atoms with van der Waals surface area (Å²) in [4.78, 5) is 0. The van der Waals surface area contributed by atoms with Crippen LogP contribution in [0.2, 0.25) is 0 Å². The first kappa shape index (κ1) is 15.9. The first-order valence-electron chi connectivity index (χ1n) is 7.86. The summed E-state index contributed by atoms with van der Waals surface area (Å²) in [5.41, 5.74) is 3.09. The van der Waals surface area contributed by atoms with Gasteiger partial charge in [-0.05, 0) is 67.6 Å². The van der Waals surface area contributed by atoms with E-state index in [4.69, 9.17) is 0 Å². The first-order chi connectivity index (χ1) is 9.36. The van der Waals surface area contributed by atoms with Crippen LogP contribution in [0.1, 0.15) is 52.0 Å². The summed E-state index contributed by atoms with van der Waals surface area (Å²) >= 11 is 3.55. The minimum atomic E-state index is 0.485. The molecular weight excluding hydrogens is 310 g/mol. The van der Waals surface area contributed by atoms with Gasteiger partial charge in [-0.3, -0.25) is 0 Å². The Morgan fingerprint density at radius 3 is 2.40 bits per heavy atom. The predicted octanol–water partition coefficient (Wildman–Crippen LogP) is 6.02. The van der Waals surface area contributed by atoms with Crippen molar-refractivity contribution in [1.29, 1.82) is 0 Å². The van der Waals surface area contributed by atoms with Gasteiger partial charge in [0.25, 0.3) is 0 Å². The van der Waals surface area contributed by atoms with Gasteiger partial charge in [0.15, 0.2) is 0 Å². The SMILES string of the molecule is Cc1ccc(Br)cc1NCC1CCC(C(C)(C)C)CC1. The van der Waals surface area contributed by atoms with Crippen molar-refractivity contribution >= 4 is 21.6 Å². The maximum absolute atomic E-state index is 3.65. The second-order valence-electron chi connectivity index (χ2n) is 7.42. The van der Waals surface area contributed by atoms with E-state index in [1.165, 1.54) is 36.9 Å². The van der Waals surface area contributed by atoms with Crippen LogP contribution in [-0.2, 0) is 0 Å². The molecule has 2 rings (SSSR count). The molecule has 1 aliphatic carbocycles. The third kappa shape index (κ3) is 4.25. The molecule has 0 unspecified atom stereocenters. The van der Waals surface area contributed by atoms with E-state index in [9.17, 15) is 0 Å². The minimum absolute atomic E-state index is 0.485. The van der Waals surface area contributed by atoms with Gasteiger partial charge >= 0.3 is 0 Å². The standard InChI is InChI=1S/C18H28BrN/c1-13-5-10-16(19)11-17(13)20-12-14-6-8-15(9-7-14)18(2,3)4/h5,10-11,14-15,20H,6-9,12H2,1-4H3. The summed E-state index contributed by atoms with van der Waals surface area (Å²) in [6.07, 6.45) is 5.55. The molecule has 0 heterocycles. The highest BCUT2D eigenvalue weighted by atomic mass is 79.9. The Bertz CT molecular complexity index is 439. The number of hydrogen-bond donors (Lipinski definition) is 1. The molecule has 0 spiro atoms. The van der Waals surface area contributed by atoms with Crippen molar-refractivity contribution in [2.75, 3.05) is 11.9 Å². The number of anilines is 1. The maximum Gasteiger partial charge on any atom is 0.0381 e. The van der Waals surface area contributed by atoms with Gasteiger partial charge in [-0.15, -0.1) is 0 Å². The molecule has 0 radical (unpaired) electrons. The molecule has 0 saturated heterocycles. The molecule has 0 bridgehead atoms. The van der Waals surface area contributed by atoms with E-state index in [0.717, 1.165) is 22.9 Å². The first-order valence-corrected chi connectivity index (χ1v) is 8.65. The molecule has 0 amide bonds. The van der Waals surface area contributed by atoms with E-state index >= 15 is 0 Å². The van der Waals surface area contributed by atoms with Crippen LogP contribution in [0.25, 0.3) is 0 Å². The van der Waals surface area contributed by atoms with Crippen LogP contribution in [0, 0.1) is 24.2 Å². The lowest BCUT2D eigenvalue weighted by Gasteiger charge is -2.37. The summed E-state index contributed by atoms with van der Waals surface area (Å²) in [5, 5.41) is 3.65. The number of nitrogens with one attached hydrogen (secondary N) is 1. The average Bonchev–Trinajstić information content (AvgIpc) is 2.39. The van der Waals surface area contributed by atoms with Crippen LogP contribution >= 0.6 is 15.9 Å². The molecule has 1 aliphatic rings. The van der Waals surface area contributed by atoms with Crippen molar-refractivity contribution in [2.45, 2.75) is 53.4 Å². The lowest BCUT2D eigenvalue weighted by Crippen LogP contribution is -2.28. The van der Waals surface area contributed by atoms with Crippen LogP contribution in [0.3, 0.4) is 0 Å². The van der Waals surface area contributed by atoms with Gasteiger partial charge in [0.1, 0.15) is 0 Å². The summed E-state index contributed by atoms with van der Waals surface area (Å²) in [6.45, 7) is 10.5. The fraction of sp³-hybridized carbons (Fsp3) is 0.667. The van der Waals surface area contributed by atoms with Gasteiger partial charge in [-0.2, -0.15) is 0 Å². The molecule has 1 aromatic rings. The van der Waals surface area contributed by atoms with Crippen molar-refractivity contribution in [1.82, 2.24) is 0 Å². The second-order valence-corrected chi connectivity index (χ2v) is 8.34. The van der Waals surface area contributed by atoms with E-state index in [2.05, 4.69) is 67.1 Å². The van der Waals surface area contributed by atoms with Gasteiger partial charge in [0.2, 0.25) is 0 Å². The Kier molecular flexibility index (Phi) is 5.17. The van der Waals surface area contributed by atoms with E-state index in [1.807, 2.05) is 0 Å². The zero-order valence-electron chi connectivity index (χ0n) is 13.3. The Morgan fingerprint density at radius 1 is 1.15 bits per heavy atom. The third-order valence-corrected chi connectivity index (χ3v) is 5.35. The number of aryl methyl sites for hydroxylation is 1. The molecule has 1 saturated carbocycles. The fourth-order valence-electron chi connectivity index (χ4n) is 3.27. The number of rotatable bonds is 3. The Labute approximate surface area is 132 Å². The quantitative estimate of drug-likeness (QED) is 0.710. The van der Waals surface area contributed by atoms with Crippen molar-refractivity contribution in [3.05, 3.63) is 28.2 Å². The summed E-state index contributed by atoms with van der Waals surface area (Å²) in [5.74, 6) is 1.75. The van der Waals surface area contributed by atoms with Gasteiger partial charge in [-0.25, -0.2) is 0 Å². The molecular formula is C18H28BrN. The van der Waals surface area contributed by atoms with Crippen molar-refractivity contribution in [2.24, 2.45) is 17.3 Å². The van der Waals surface area contributed by atoms with Crippen LogP contribution in [-0.4, -0.2) is 6.54 Å². The van der Waals surface area contributed by atoms with E-state index in [0.29, 0.717) is 5.41 Å². The van der Waals surface area contributed by atoms with Gasteiger partial charge < -0.3 is 5.32 Å². The Morgan fingerprint density at radius 2 is 1.80 bits per heavy atom. The summed E-state index contributed by atoms with van der Waals surface area (Å²) < 4.78 is 1.15. The van der Waals surface area contributed by atoms with Crippen LogP contribution in [0.4, 0.5) is 5.69 Å². The van der Waals surface area contributed by atoms with Gasteiger partial charge in [0, 0.05) is 16.7 Å². The zero-order chi connectivity index (χ0) is 14.8. The van der Waals surface area contributed by atoms with Crippen LogP contribution < -0.4 is 5.32 Å². The van der Waals surface area contributed by atoms with Crippen molar-refractivity contribution < 1.29 is 0 Å². The highest BCUT2D eigenvalue weighted by Gasteiger charge is 2.29. The summed E-state index contributed by atoms with van der Waals surface area (Å²) in [7, 11) is 0. The van der Waals surface area contributed by atoms with E-state index < -0.39 is 0 Å². The average molecular weight is 338 g/mol. The molecule has 20 heavy (non-hydrogen) atoms. The molecule has 0 aliphatic heterocycles. The van der Waals surface area contributed by atoms with E-state index in [1.54, 1.807) is 0 Å². The molecule has 112 valence electrons. The number of halogens is 1. The molecule has 1 nitrogen and oxygen atoms in total. The monoisotopic (exact) mass is 337 g/mol. The van der Waals surface area contributed by atoms with Crippen LogP contribution in [0.5, 0.6) is 0 Å². The Hall–Kier alpha value is -0.500. The van der Waals surface area contributed by atoms with Gasteiger partial charge in [0.05, 0.1) is 0 Å². The minimum Gasteiger partial charge on any atom is -0.385 e. The van der Waals surface area contributed by atoms with Crippen molar-refractivity contribution in [3.8, 4) is 0 Å². The fourth-order valence-corrected chi connectivity index (χ4v) is 3.63. The second kappa shape index (κ2) is 6.51. The molecule has 1 aromatic carbocycles. The lowest BCUT2D eigenvalue weighted by molar-refractivity contribution is 0.153.